The molecule has 1 saturated carbocycles. The van der Waals surface area contributed by atoms with Crippen molar-refractivity contribution in [3.8, 4) is 0 Å². The zero-order valence-electron chi connectivity index (χ0n) is 16.5. The number of nitrogens with one attached hydrogen (secondary N) is 1. The molecular formula is C18H24F3N3O6. The number of hydrogen-bond acceptors (Lipinski definition) is 7. The van der Waals surface area contributed by atoms with Crippen LogP contribution in [0.4, 0.5) is 13.2 Å². The maximum atomic E-state index is 13.1. The average molecular weight is 435 g/mol. The fourth-order valence-corrected chi connectivity index (χ4v) is 3.00. The molecule has 3 N–H and O–H groups in total. The van der Waals surface area contributed by atoms with Gasteiger partial charge in [-0.15, -0.1) is 0 Å². The van der Waals surface area contributed by atoms with Gasteiger partial charge in [0.15, 0.2) is 6.10 Å². The second-order valence-corrected chi connectivity index (χ2v) is 7.28. The van der Waals surface area contributed by atoms with Gasteiger partial charge < -0.3 is 25.4 Å². The van der Waals surface area contributed by atoms with Gasteiger partial charge in [0.25, 0.3) is 5.91 Å². The van der Waals surface area contributed by atoms with Gasteiger partial charge in [-0.25, -0.2) is 9.59 Å². The van der Waals surface area contributed by atoms with Crippen molar-refractivity contribution in [2.45, 2.75) is 57.5 Å². The van der Waals surface area contributed by atoms with Crippen molar-refractivity contribution in [2.24, 2.45) is 11.7 Å². The number of ether oxygens (including phenoxy) is 2. The highest BCUT2D eigenvalue weighted by molar-refractivity contribution is 5.97. The van der Waals surface area contributed by atoms with E-state index in [4.69, 9.17) is 10.5 Å². The standard InChI is InChI=1S/C18H24F3N3O6/c1-3-6-24(8-10-4-5-10)15(26)14-13(23-9(2)25)11(22)7-12(29-14)16(27)30-17(28)18(19,20)21/h7,10-11,13-14H,3-6,8,22H2,1-2H3,(H,23,25)/t11-,13+,14+/m0/s1. The predicted molar refractivity (Wildman–Crippen MR) is 95.3 cm³/mol. The van der Waals surface area contributed by atoms with Crippen molar-refractivity contribution in [1.82, 2.24) is 10.2 Å². The first-order valence-electron chi connectivity index (χ1n) is 9.47. The van der Waals surface area contributed by atoms with Crippen LogP contribution in [0.5, 0.6) is 0 Å². The van der Waals surface area contributed by atoms with E-state index in [0.717, 1.165) is 18.9 Å². The van der Waals surface area contributed by atoms with Crippen molar-refractivity contribution < 1.29 is 41.8 Å². The van der Waals surface area contributed by atoms with Crippen LogP contribution in [0.2, 0.25) is 0 Å². The Morgan fingerprint density at radius 3 is 2.43 bits per heavy atom. The molecule has 0 unspecified atom stereocenters. The summed E-state index contributed by atoms with van der Waals surface area (Å²) in [6.07, 6.45) is -3.39. The number of carbonyl (C=O) groups excluding carboxylic acids is 4. The van der Waals surface area contributed by atoms with Crippen LogP contribution >= 0.6 is 0 Å². The topological polar surface area (TPSA) is 128 Å². The second kappa shape index (κ2) is 9.45. The molecule has 0 aromatic rings. The summed E-state index contributed by atoms with van der Waals surface area (Å²) >= 11 is 0. The normalized spacial score (nSPS) is 23.7. The third-order valence-electron chi connectivity index (χ3n) is 4.55. The Balaban J connectivity index is 2.25. The fraction of sp³-hybridized carbons (Fsp3) is 0.667. The van der Waals surface area contributed by atoms with E-state index in [1.54, 1.807) is 0 Å². The summed E-state index contributed by atoms with van der Waals surface area (Å²) < 4.78 is 46.2. The Labute approximate surface area is 170 Å². The Hall–Kier alpha value is -2.63. The molecule has 0 aromatic carbocycles. The fourth-order valence-electron chi connectivity index (χ4n) is 3.00. The highest BCUT2D eigenvalue weighted by atomic mass is 19.4. The molecule has 3 atom stereocenters. The van der Waals surface area contributed by atoms with Gasteiger partial charge >= 0.3 is 18.1 Å². The van der Waals surface area contributed by atoms with Crippen LogP contribution in [0.25, 0.3) is 0 Å². The number of carbonyl (C=O) groups is 4. The molecular weight excluding hydrogens is 411 g/mol. The number of amides is 2. The number of rotatable bonds is 7. The third kappa shape index (κ3) is 6.18. The first-order valence-corrected chi connectivity index (χ1v) is 9.47. The second-order valence-electron chi connectivity index (χ2n) is 7.28. The van der Waals surface area contributed by atoms with Crippen LogP contribution in [0, 0.1) is 5.92 Å². The summed E-state index contributed by atoms with van der Waals surface area (Å²) in [6.45, 7) is 3.88. The van der Waals surface area contributed by atoms with E-state index >= 15 is 0 Å². The van der Waals surface area contributed by atoms with Crippen molar-refractivity contribution in [1.29, 1.82) is 0 Å². The van der Waals surface area contributed by atoms with Gasteiger partial charge in [-0.3, -0.25) is 9.59 Å². The zero-order chi connectivity index (χ0) is 22.6. The lowest BCUT2D eigenvalue weighted by molar-refractivity contribution is -0.202. The summed E-state index contributed by atoms with van der Waals surface area (Å²) in [5.74, 6) is -6.01. The molecule has 168 valence electrons. The molecule has 1 heterocycles. The Bertz CT molecular complexity index is 735. The average Bonchev–Trinajstić information content (AvgIpc) is 3.45. The minimum Gasteiger partial charge on any atom is -0.471 e. The third-order valence-corrected chi connectivity index (χ3v) is 4.55. The molecule has 0 bridgehead atoms. The number of halogens is 3. The first kappa shape index (κ1) is 23.6. The van der Waals surface area contributed by atoms with E-state index < -0.39 is 53.9 Å². The zero-order valence-corrected chi connectivity index (χ0v) is 16.5. The first-order chi connectivity index (χ1) is 13.9. The summed E-state index contributed by atoms with van der Waals surface area (Å²) in [7, 11) is 0. The molecule has 0 spiro atoms. The smallest absolute Gasteiger partial charge is 0.471 e. The minimum atomic E-state index is -5.39. The largest absolute Gasteiger partial charge is 0.491 e. The molecule has 1 aliphatic carbocycles. The maximum Gasteiger partial charge on any atom is 0.491 e. The Morgan fingerprint density at radius 2 is 1.93 bits per heavy atom. The number of alkyl halides is 3. The van der Waals surface area contributed by atoms with E-state index in [2.05, 4.69) is 10.1 Å². The lowest BCUT2D eigenvalue weighted by atomic mass is 9.97. The van der Waals surface area contributed by atoms with E-state index in [1.165, 1.54) is 11.8 Å². The minimum absolute atomic E-state index is 0.335. The lowest BCUT2D eigenvalue weighted by Gasteiger charge is -2.37. The highest BCUT2D eigenvalue weighted by Crippen LogP contribution is 2.31. The molecule has 1 fully saturated rings. The summed E-state index contributed by atoms with van der Waals surface area (Å²) in [4.78, 5) is 49.1. The van der Waals surface area contributed by atoms with Gasteiger partial charge in [-0.05, 0) is 31.3 Å². The van der Waals surface area contributed by atoms with E-state index in [0.29, 0.717) is 25.4 Å². The van der Waals surface area contributed by atoms with Crippen molar-refractivity contribution in [2.75, 3.05) is 13.1 Å². The molecule has 0 saturated heterocycles. The predicted octanol–water partition coefficient (Wildman–Crippen LogP) is 0.382. The Kier molecular flexibility index (Phi) is 7.45. The number of nitrogens with two attached hydrogens (primary N) is 1. The van der Waals surface area contributed by atoms with Crippen LogP contribution in [-0.4, -0.2) is 66.1 Å². The van der Waals surface area contributed by atoms with Gasteiger partial charge in [0.2, 0.25) is 11.7 Å². The lowest BCUT2D eigenvalue weighted by Crippen LogP contribution is -2.61. The van der Waals surface area contributed by atoms with Crippen molar-refractivity contribution >= 4 is 23.8 Å². The van der Waals surface area contributed by atoms with Crippen molar-refractivity contribution in [3.63, 3.8) is 0 Å². The Morgan fingerprint density at radius 1 is 1.30 bits per heavy atom. The molecule has 0 radical (unpaired) electrons. The van der Waals surface area contributed by atoms with Gasteiger partial charge in [0, 0.05) is 20.0 Å². The summed E-state index contributed by atoms with van der Waals surface area (Å²) in [5.41, 5.74) is 5.93. The van der Waals surface area contributed by atoms with Crippen LogP contribution in [0.3, 0.4) is 0 Å². The van der Waals surface area contributed by atoms with Gasteiger partial charge in [0.05, 0.1) is 12.1 Å². The van der Waals surface area contributed by atoms with Gasteiger partial charge in [-0.1, -0.05) is 6.92 Å². The van der Waals surface area contributed by atoms with Crippen LogP contribution in [-0.2, 0) is 28.7 Å². The molecule has 2 aliphatic rings. The number of hydrogen-bond donors (Lipinski definition) is 2. The SMILES string of the molecule is CCCN(CC1CC1)C(=O)[C@@H]1OC(C(=O)OC(=O)C(F)(F)F)=C[C@H](N)[C@H]1NC(C)=O. The molecule has 12 heteroatoms. The molecule has 0 aromatic heterocycles. The molecule has 9 nitrogen and oxygen atoms in total. The van der Waals surface area contributed by atoms with Crippen LogP contribution in [0.1, 0.15) is 33.1 Å². The van der Waals surface area contributed by atoms with Crippen LogP contribution < -0.4 is 11.1 Å². The number of esters is 2. The highest BCUT2D eigenvalue weighted by Gasteiger charge is 2.46. The van der Waals surface area contributed by atoms with E-state index in [1.807, 2.05) is 6.92 Å². The van der Waals surface area contributed by atoms with Crippen molar-refractivity contribution in [3.05, 3.63) is 11.8 Å². The number of nitrogens with zero attached hydrogens (tertiary/aromatic N) is 1. The maximum absolute atomic E-state index is 13.1. The molecule has 2 rings (SSSR count). The van der Waals surface area contributed by atoms with E-state index in [-0.39, 0.29) is 0 Å². The summed E-state index contributed by atoms with van der Waals surface area (Å²) in [6, 6.07) is -2.21. The van der Waals surface area contributed by atoms with Gasteiger partial charge in [-0.2, -0.15) is 13.2 Å². The van der Waals surface area contributed by atoms with Gasteiger partial charge in [0.1, 0.15) is 0 Å². The van der Waals surface area contributed by atoms with E-state index in [9.17, 15) is 32.3 Å². The summed E-state index contributed by atoms with van der Waals surface area (Å²) in [5, 5.41) is 2.47. The monoisotopic (exact) mass is 435 g/mol. The molecule has 30 heavy (non-hydrogen) atoms. The molecule has 2 amide bonds. The quantitative estimate of drug-likeness (QED) is 0.437. The van der Waals surface area contributed by atoms with Crippen LogP contribution in [0.15, 0.2) is 11.8 Å². The molecule has 1 aliphatic heterocycles.